The minimum atomic E-state index is -0.171. The fraction of sp³-hybridized carbons (Fsp3) is 0.333. The highest BCUT2D eigenvalue weighted by molar-refractivity contribution is 5.48. The van der Waals surface area contributed by atoms with E-state index in [1.807, 2.05) is 32.0 Å². The van der Waals surface area contributed by atoms with Crippen molar-refractivity contribution in [3.05, 3.63) is 58.7 Å². The van der Waals surface area contributed by atoms with Gasteiger partial charge >= 0.3 is 0 Å². The SMILES string of the molecule is CCc1cc(C(C)(C)c2ccc(O)cc2)cc(C)c1O. The Bertz CT molecular complexity index is 610. The summed E-state index contributed by atoms with van der Waals surface area (Å²) in [6.07, 6.45) is 0.812. The van der Waals surface area contributed by atoms with E-state index in [1.165, 1.54) is 5.56 Å². The maximum atomic E-state index is 10.1. The summed E-state index contributed by atoms with van der Waals surface area (Å²) < 4.78 is 0. The van der Waals surface area contributed by atoms with Gasteiger partial charge in [0.05, 0.1) is 0 Å². The standard InChI is InChI=1S/C18H22O2/c1-5-13-11-15(10-12(2)17(13)20)18(3,4)14-6-8-16(19)9-7-14/h6-11,19-20H,5H2,1-4H3. The fourth-order valence-corrected chi connectivity index (χ4v) is 2.53. The molecule has 2 N–H and O–H groups in total. The van der Waals surface area contributed by atoms with E-state index in [9.17, 15) is 10.2 Å². The molecule has 2 heteroatoms. The summed E-state index contributed by atoms with van der Waals surface area (Å²) in [5.41, 5.74) is 4.03. The van der Waals surface area contributed by atoms with Crippen LogP contribution in [0.5, 0.6) is 11.5 Å². The van der Waals surface area contributed by atoms with Crippen molar-refractivity contribution in [3.8, 4) is 11.5 Å². The topological polar surface area (TPSA) is 40.5 Å². The molecule has 0 aliphatic heterocycles. The van der Waals surface area contributed by atoms with Crippen molar-refractivity contribution in [1.29, 1.82) is 0 Å². The van der Waals surface area contributed by atoms with Gasteiger partial charge in [-0.3, -0.25) is 0 Å². The van der Waals surface area contributed by atoms with Crippen molar-refractivity contribution in [2.45, 2.75) is 39.5 Å². The van der Waals surface area contributed by atoms with Gasteiger partial charge in [-0.2, -0.15) is 0 Å². The Morgan fingerprint density at radius 3 is 2.10 bits per heavy atom. The predicted octanol–water partition coefficient (Wildman–Crippen LogP) is 4.29. The summed E-state index contributed by atoms with van der Waals surface area (Å²) in [7, 11) is 0. The van der Waals surface area contributed by atoms with E-state index in [2.05, 4.69) is 19.9 Å². The van der Waals surface area contributed by atoms with Crippen molar-refractivity contribution in [2.75, 3.05) is 0 Å². The average Bonchev–Trinajstić information content (AvgIpc) is 2.42. The van der Waals surface area contributed by atoms with Crippen LogP contribution in [0, 0.1) is 6.92 Å². The molecule has 2 aromatic carbocycles. The van der Waals surface area contributed by atoms with Gasteiger partial charge in [-0.1, -0.05) is 45.0 Å². The van der Waals surface area contributed by atoms with Crippen LogP contribution in [0.2, 0.25) is 0 Å². The molecule has 0 fully saturated rings. The molecule has 0 unspecified atom stereocenters. The highest BCUT2D eigenvalue weighted by Gasteiger charge is 2.24. The van der Waals surface area contributed by atoms with Crippen molar-refractivity contribution >= 4 is 0 Å². The smallest absolute Gasteiger partial charge is 0.121 e. The number of hydrogen-bond acceptors (Lipinski definition) is 2. The normalized spacial score (nSPS) is 11.6. The van der Waals surface area contributed by atoms with Crippen LogP contribution in [-0.4, -0.2) is 10.2 Å². The number of aryl methyl sites for hydroxylation is 2. The van der Waals surface area contributed by atoms with E-state index in [0.29, 0.717) is 5.75 Å². The lowest BCUT2D eigenvalue weighted by Gasteiger charge is -2.27. The molecule has 0 atom stereocenters. The van der Waals surface area contributed by atoms with Gasteiger partial charge in [-0.15, -0.1) is 0 Å². The van der Waals surface area contributed by atoms with Crippen LogP contribution >= 0.6 is 0 Å². The minimum Gasteiger partial charge on any atom is -0.508 e. The molecule has 0 heterocycles. The zero-order valence-electron chi connectivity index (χ0n) is 12.6. The van der Waals surface area contributed by atoms with Crippen LogP contribution in [0.25, 0.3) is 0 Å². The Morgan fingerprint density at radius 1 is 0.950 bits per heavy atom. The largest absolute Gasteiger partial charge is 0.508 e. The molecule has 0 aliphatic rings. The highest BCUT2D eigenvalue weighted by atomic mass is 16.3. The molecule has 0 saturated heterocycles. The Kier molecular flexibility index (Phi) is 3.76. The maximum absolute atomic E-state index is 10.1. The molecule has 2 aromatic rings. The molecular formula is C18H22O2. The first-order chi connectivity index (χ1) is 9.36. The van der Waals surface area contributed by atoms with E-state index in [0.717, 1.165) is 23.1 Å². The molecule has 0 amide bonds. The van der Waals surface area contributed by atoms with Gasteiger partial charge in [-0.05, 0) is 47.7 Å². The van der Waals surface area contributed by atoms with Crippen LogP contribution in [0.4, 0.5) is 0 Å². The van der Waals surface area contributed by atoms with E-state index in [1.54, 1.807) is 12.1 Å². The Hall–Kier alpha value is -1.96. The zero-order valence-corrected chi connectivity index (χ0v) is 12.6. The Labute approximate surface area is 120 Å². The summed E-state index contributed by atoms with van der Waals surface area (Å²) in [5.74, 6) is 0.679. The van der Waals surface area contributed by atoms with Crippen molar-refractivity contribution in [3.63, 3.8) is 0 Å². The van der Waals surface area contributed by atoms with Crippen LogP contribution in [0.3, 0.4) is 0 Å². The van der Waals surface area contributed by atoms with Crippen LogP contribution in [0.1, 0.15) is 43.0 Å². The lowest BCUT2D eigenvalue weighted by molar-refractivity contribution is 0.463. The lowest BCUT2D eigenvalue weighted by Crippen LogP contribution is -2.19. The highest BCUT2D eigenvalue weighted by Crippen LogP contribution is 2.36. The third-order valence-corrected chi connectivity index (χ3v) is 4.07. The Balaban J connectivity index is 2.53. The Morgan fingerprint density at radius 2 is 1.55 bits per heavy atom. The van der Waals surface area contributed by atoms with Gasteiger partial charge in [-0.25, -0.2) is 0 Å². The third-order valence-electron chi connectivity index (χ3n) is 4.07. The number of hydrogen-bond donors (Lipinski definition) is 2. The summed E-state index contributed by atoms with van der Waals surface area (Å²) in [4.78, 5) is 0. The summed E-state index contributed by atoms with van der Waals surface area (Å²) in [6, 6.07) is 11.4. The summed E-state index contributed by atoms with van der Waals surface area (Å²) in [6.45, 7) is 8.30. The second kappa shape index (κ2) is 5.20. The average molecular weight is 270 g/mol. The minimum absolute atomic E-state index is 0.171. The van der Waals surface area contributed by atoms with Gasteiger partial charge in [0.1, 0.15) is 11.5 Å². The number of rotatable bonds is 3. The monoisotopic (exact) mass is 270 g/mol. The number of benzene rings is 2. The second-order valence-corrected chi connectivity index (χ2v) is 5.83. The first kappa shape index (κ1) is 14.4. The van der Waals surface area contributed by atoms with Gasteiger partial charge in [0.25, 0.3) is 0 Å². The molecule has 0 aromatic heterocycles. The molecule has 0 spiro atoms. The molecule has 2 nitrogen and oxygen atoms in total. The van der Waals surface area contributed by atoms with Gasteiger partial charge in [0.15, 0.2) is 0 Å². The summed E-state index contributed by atoms with van der Waals surface area (Å²) >= 11 is 0. The quantitative estimate of drug-likeness (QED) is 0.873. The first-order valence-electron chi connectivity index (χ1n) is 6.98. The van der Waals surface area contributed by atoms with Crippen LogP contribution in [-0.2, 0) is 11.8 Å². The van der Waals surface area contributed by atoms with E-state index in [4.69, 9.17) is 0 Å². The number of phenols is 2. The fourth-order valence-electron chi connectivity index (χ4n) is 2.53. The van der Waals surface area contributed by atoms with E-state index >= 15 is 0 Å². The van der Waals surface area contributed by atoms with Gasteiger partial charge < -0.3 is 10.2 Å². The van der Waals surface area contributed by atoms with Crippen molar-refractivity contribution < 1.29 is 10.2 Å². The van der Waals surface area contributed by atoms with Crippen molar-refractivity contribution in [2.24, 2.45) is 0 Å². The zero-order chi connectivity index (χ0) is 14.9. The molecular weight excluding hydrogens is 248 g/mol. The maximum Gasteiger partial charge on any atom is 0.121 e. The third kappa shape index (κ3) is 2.51. The molecule has 20 heavy (non-hydrogen) atoms. The van der Waals surface area contributed by atoms with Crippen LogP contribution < -0.4 is 0 Å². The van der Waals surface area contributed by atoms with E-state index < -0.39 is 0 Å². The van der Waals surface area contributed by atoms with Crippen LogP contribution in [0.15, 0.2) is 36.4 Å². The molecule has 2 rings (SSSR count). The summed E-state index contributed by atoms with van der Waals surface area (Å²) in [5, 5.41) is 19.5. The van der Waals surface area contributed by atoms with Gasteiger partial charge in [0, 0.05) is 5.41 Å². The molecule has 0 bridgehead atoms. The predicted molar refractivity (Wildman–Crippen MR) is 82.5 cm³/mol. The molecule has 106 valence electrons. The number of aromatic hydroxyl groups is 2. The number of phenolic OH excluding ortho intramolecular Hbond substituents is 2. The van der Waals surface area contributed by atoms with E-state index in [-0.39, 0.29) is 11.2 Å². The lowest BCUT2D eigenvalue weighted by atomic mass is 9.77. The molecule has 0 saturated carbocycles. The second-order valence-electron chi connectivity index (χ2n) is 5.83. The van der Waals surface area contributed by atoms with Crippen molar-refractivity contribution in [1.82, 2.24) is 0 Å². The first-order valence-corrected chi connectivity index (χ1v) is 6.98. The molecule has 0 aliphatic carbocycles. The van der Waals surface area contributed by atoms with Gasteiger partial charge in [0.2, 0.25) is 0 Å². The molecule has 0 radical (unpaired) electrons.